The Morgan fingerprint density at radius 3 is 2.38 bits per heavy atom. The van der Waals surface area contributed by atoms with Gasteiger partial charge in [0.1, 0.15) is 5.75 Å². The maximum Gasteiger partial charge on any atom is 0.401 e. The fourth-order valence-electron chi connectivity index (χ4n) is 2.18. The minimum Gasteiger partial charge on any atom is -0.497 e. The summed E-state index contributed by atoms with van der Waals surface area (Å²) in [4.78, 5) is 5.74. The van der Waals surface area contributed by atoms with E-state index in [1.807, 2.05) is 31.2 Å². The fourth-order valence-corrected chi connectivity index (χ4v) is 2.18. The molecule has 0 aromatic heterocycles. The number of alkyl halides is 3. The first-order valence-electron chi connectivity index (χ1n) is 8.24. The van der Waals surface area contributed by atoms with Crippen LogP contribution in [0.1, 0.15) is 18.9 Å². The number of rotatable bonds is 9. The number of aliphatic imine (C=N–C) groups is 1. The minimum absolute atomic E-state index is 0. The third kappa shape index (κ3) is 11.4. The first kappa shape index (κ1) is 24.8. The van der Waals surface area contributed by atoms with Gasteiger partial charge in [0.25, 0.3) is 0 Å². The standard InChI is InChI=1S/C17H27F3N4O.HI/c1-4-21-16(22-10-5-11-24(2)13-17(18,19)20)23-12-14-6-8-15(25-3)9-7-14;/h6-9H,4-5,10-13H2,1-3H3,(H2,21,22,23);1H. The summed E-state index contributed by atoms with van der Waals surface area (Å²) in [5, 5.41) is 6.26. The maximum atomic E-state index is 12.3. The number of hydrogen-bond donors (Lipinski definition) is 2. The van der Waals surface area contributed by atoms with Gasteiger partial charge in [-0.15, -0.1) is 24.0 Å². The van der Waals surface area contributed by atoms with Crippen molar-refractivity contribution < 1.29 is 17.9 Å². The number of benzene rings is 1. The van der Waals surface area contributed by atoms with Crippen LogP contribution in [0.3, 0.4) is 0 Å². The normalized spacial score (nSPS) is 11.9. The molecule has 2 N–H and O–H groups in total. The molecule has 0 unspecified atom stereocenters. The van der Waals surface area contributed by atoms with Crippen LogP contribution in [0.25, 0.3) is 0 Å². The number of ether oxygens (including phenoxy) is 1. The summed E-state index contributed by atoms with van der Waals surface area (Å²) >= 11 is 0. The molecule has 0 spiro atoms. The van der Waals surface area contributed by atoms with Crippen molar-refractivity contribution in [3.8, 4) is 5.75 Å². The van der Waals surface area contributed by atoms with Crippen molar-refractivity contribution in [3.05, 3.63) is 29.8 Å². The minimum atomic E-state index is -4.16. The Balaban J connectivity index is 0.00000625. The topological polar surface area (TPSA) is 48.9 Å². The van der Waals surface area contributed by atoms with Crippen LogP contribution in [0.2, 0.25) is 0 Å². The molecule has 1 rings (SSSR count). The third-order valence-electron chi connectivity index (χ3n) is 3.38. The molecule has 26 heavy (non-hydrogen) atoms. The van der Waals surface area contributed by atoms with Crippen LogP contribution in [-0.4, -0.2) is 57.4 Å². The number of nitrogens with one attached hydrogen (secondary N) is 2. The van der Waals surface area contributed by atoms with Crippen molar-refractivity contribution in [3.63, 3.8) is 0 Å². The smallest absolute Gasteiger partial charge is 0.401 e. The second kappa shape index (κ2) is 13.0. The van der Waals surface area contributed by atoms with Crippen LogP contribution < -0.4 is 15.4 Å². The van der Waals surface area contributed by atoms with Gasteiger partial charge in [0.05, 0.1) is 20.2 Å². The lowest BCUT2D eigenvalue weighted by Gasteiger charge is -2.18. The molecule has 0 aliphatic carbocycles. The zero-order valence-electron chi connectivity index (χ0n) is 15.4. The van der Waals surface area contributed by atoms with Gasteiger partial charge in [0.15, 0.2) is 5.96 Å². The number of nitrogens with zero attached hydrogens (tertiary/aromatic N) is 2. The summed E-state index contributed by atoms with van der Waals surface area (Å²) < 4.78 is 41.9. The predicted octanol–water partition coefficient (Wildman–Crippen LogP) is 3.25. The molecule has 0 aliphatic heterocycles. The second-order valence-corrected chi connectivity index (χ2v) is 5.68. The Morgan fingerprint density at radius 1 is 1.19 bits per heavy atom. The highest BCUT2D eigenvalue weighted by Gasteiger charge is 2.28. The van der Waals surface area contributed by atoms with Crippen LogP contribution in [0.15, 0.2) is 29.3 Å². The molecule has 150 valence electrons. The Hall–Kier alpha value is -1.23. The van der Waals surface area contributed by atoms with Gasteiger partial charge in [0, 0.05) is 13.1 Å². The van der Waals surface area contributed by atoms with E-state index in [0.29, 0.717) is 38.6 Å². The molecule has 0 saturated carbocycles. The van der Waals surface area contributed by atoms with Crippen molar-refractivity contribution in [2.45, 2.75) is 26.1 Å². The van der Waals surface area contributed by atoms with Crippen LogP contribution in [0, 0.1) is 0 Å². The molecular formula is C17H28F3IN4O. The number of guanidine groups is 1. The molecule has 0 atom stereocenters. The van der Waals surface area contributed by atoms with Crippen molar-refractivity contribution in [1.29, 1.82) is 0 Å². The zero-order valence-corrected chi connectivity index (χ0v) is 17.7. The van der Waals surface area contributed by atoms with Gasteiger partial charge >= 0.3 is 6.18 Å². The highest BCUT2D eigenvalue weighted by atomic mass is 127. The van der Waals surface area contributed by atoms with E-state index in [-0.39, 0.29) is 24.0 Å². The summed E-state index contributed by atoms with van der Waals surface area (Å²) in [5.41, 5.74) is 1.04. The zero-order chi connectivity index (χ0) is 18.7. The van der Waals surface area contributed by atoms with E-state index in [0.717, 1.165) is 11.3 Å². The summed E-state index contributed by atoms with van der Waals surface area (Å²) in [6, 6.07) is 7.64. The summed E-state index contributed by atoms with van der Waals surface area (Å²) in [7, 11) is 3.09. The lowest BCUT2D eigenvalue weighted by Crippen LogP contribution is -2.39. The van der Waals surface area contributed by atoms with E-state index in [1.165, 1.54) is 11.9 Å². The van der Waals surface area contributed by atoms with Crippen molar-refractivity contribution in [2.75, 3.05) is 40.3 Å². The van der Waals surface area contributed by atoms with Crippen molar-refractivity contribution in [1.82, 2.24) is 15.5 Å². The molecular weight excluding hydrogens is 460 g/mol. The molecule has 0 amide bonds. The molecule has 0 aliphatic rings. The molecule has 1 aromatic rings. The first-order valence-corrected chi connectivity index (χ1v) is 8.24. The Morgan fingerprint density at radius 2 is 1.85 bits per heavy atom. The Bertz CT molecular complexity index is 524. The van der Waals surface area contributed by atoms with Crippen LogP contribution >= 0.6 is 24.0 Å². The largest absolute Gasteiger partial charge is 0.497 e. The predicted molar refractivity (Wildman–Crippen MR) is 109 cm³/mol. The summed E-state index contributed by atoms with van der Waals surface area (Å²) in [5.74, 6) is 1.44. The van der Waals surface area contributed by atoms with E-state index in [4.69, 9.17) is 4.74 Å². The number of hydrogen-bond acceptors (Lipinski definition) is 3. The highest BCUT2D eigenvalue weighted by Crippen LogP contribution is 2.15. The molecule has 0 fully saturated rings. The lowest BCUT2D eigenvalue weighted by molar-refractivity contribution is -0.143. The van der Waals surface area contributed by atoms with Gasteiger partial charge < -0.3 is 15.4 Å². The van der Waals surface area contributed by atoms with E-state index in [2.05, 4.69) is 15.6 Å². The van der Waals surface area contributed by atoms with Crippen molar-refractivity contribution in [2.24, 2.45) is 4.99 Å². The van der Waals surface area contributed by atoms with Crippen LogP contribution in [-0.2, 0) is 6.54 Å². The fraction of sp³-hybridized carbons (Fsp3) is 0.588. The SMILES string of the molecule is CCNC(=NCc1ccc(OC)cc1)NCCCN(C)CC(F)(F)F.I. The van der Waals surface area contributed by atoms with Gasteiger partial charge in [0.2, 0.25) is 0 Å². The lowest BCUT2D eigenvalue weighted by atomic mass is 10.2. The van der Waals surface area contributed by atoms with Gasteiger partial charge in [-0.3, -0.25) is 4.90 Å². The second-order valence-electron chi connectivity index (χ2n) is 5.68. The number of halogens is 4. The van der Waals surface area contributed by atoms with Gasteiger partial charge in [-0.05, 0) is 44.6 Å². The molecule has 1 aromatic carbocycles. The van der Waals surface area contributed by atoms with Gasteiger partial charge in [-0.2, -0.15) is 13.2 Å². The van der Waals surface area contributed by atoms with E-state index in [1.54, 1.807) is 7.11 Å². The first-order chi connectivity index (χ1) is 11.8. The molecule has 0 saturated heterocycles. The molecule has 9 heteroatoms. The quantitative estimate of drug-likeness (QED) is 0.243. The van der Waals surface area contributed by atoms with Gasteiger partial charge in [-0.25, -0.2) is 4.99 Å². The van der Waals surface area contributed by atoms with Crippen LogP contribution in [0.4, 0.5) is 13.2 Å². The maximum absolute atomic E-state index is 12.3. The average molecular weight is 488 g/mol. The highest BCUT2D eigenvalue weighted by molar-refractivity contribution is 14.0. The summed E-state index contributed by atoms with van der Waals surface area (Å²) in [6.07, 6.45) is -3.56. The number of methoxy groups -OCH3 is 1. The Kier molecular flexibility index (Phi) is 12.4. The van der Waals surface area contributed by atoms with Crippen molar-refractivity contribution >= 4 is 29.9 Å². The molecule has 0 radical (unpaired) electrons. The van der Waals surface area contributed by atoms with E-state index < -0.39 is 12.7 Å². The molecule has 0 bridgehead atoms. The third-order valence-corrected chi connectivity index (χ3v) is 3.38. The monoisotopic (exact) mass is 488 g/mol. The van der Waals surface area contributed by atoms with Gasteiger partial charge in [-0.1, -0.05) is 12.1 Å². The van der Waals surface area contributed by atoms with Crippen LogP contribution in [0.5, 0.6) is 5.75 Å². The van der Waals surface area contributed by atoms with E-state index >= 15 is 0 Å². The Labute approximate surface area is 170 Å². The molecule has 5 nitrogen and oxygen atoms in total. The van der Waals surface area contributed by atoms with E-state index in [9.17, 15) is 13.2 Å². The molecule has 0 heterocycles. The average Bonchev–Trinajstić information content (AvgIpc) is 2.55. The summed E-state index contributed by atoms with van der Waals surface area (Å²) in [6.45, 7) is 3.21.